The van der Waals surface area contributed by atoms with E-state index in [0.717, 1.165) is 33.4 Å². The quantitative estimate of drug-likeness (QED) is 0.554. The third-order valence-electron chi connectivity index (χ3n) is 4.59. The number of pyridine rings is 2. The van der Waals surface area contributed by atoms with Crippen molar-refractivity contribution in [3.63, 3.8) is 0 Å². The second-order valence-corrected chi connectivity index (χ2v) is 6.49. The van der Waals surface area contributed by atoms with E-state index in [-0.39, 0.29) is 5.56 Å². The van der Waals surface area contributed by atoms with Crippen molar-refractivity contribution in [1.29, 1.82) is 0 Å². The van der Waals surface area contributed by atoms with Gasteiger partial charge in [-0.05, 0) is 61.4 Å². The maximum atomic E-state index is 13.5. The van der Waals surface area contributed by atoms with Gasteiger partial charge in [0.15, 0.2) is 0 Å². The number of aryl methyl sites for hydroxylation is 2. The lowest BCUT2D eigenvalue weighted by atomic mass is 9.99. The first-order valence-corrected chi connectivity index (χ1v) is 8.49. The zero-order valence-corrected chi connectivity index (χ0v) is 14.7. The van der Waals surface area contributed by atoms with Gasteiger partial charge in [0.25, 0.3) is 5.56 Å². The number of nitrogen functional groups attached to an aromatic ring is 1. The van der Waals surface area contributed by atoms with Gasteiger partial charge in [-0.25, -0.2) is 0 Å². The Bertz CT molecular complexity index is 1180. The molecule has 0 aliphatic rings. The molecule has 26 heavy (non-hydrogen) atoms. The third kappa shape index (κ3) is 2.65. The number of rotatable bonds is 2. The Morgan fingerprint density at radius 3 is 2.46 bits per heavy atom. The highest BCUT2D eigenvalue weighted by atomic mass is 16.1. The molecule has 0 unspecified atom stereocenters. The Hall–Kier alpha value is -3.40. The van der Waals surface area contributed by atoms with E-state index in [4.69, 9.17) is 5.73 Å². The molecule has 0 fully saturated rings. The van der Waals surface area contributed by atoms with Gasteiger partial charge in [-0.1, -0.05) is 24.3 Å². The van der Waals surface area contributed by atoms with E-state index in [1.54, 1.807) is 4.57 Å². The average molecular weight is 341 g/mol. The van der Waals surface area contributed by atoms with Crippen LogP contribution in [0.4, 0.5) is 5.69 Å². The number of nitrogens with two attached hydrogens (primary N) is 1. The molecular formula is C22H19N3O. The minimum atomic E-state index is -0.0667. The molecular weight excluding hydrogens is 322 g/mol. The zero-order valence-electron chi connectivity index (χ0n) is 14.7. The van der Waals surface area contributed by atoms with Crippen LogP contribution in [0.5, 0.6) is 0 Å². The van der Waals surface area contributed by atoms with Crippen LogP contribution in [0.2, 0.25) is 0 Å². The molecule has 128 valence electrons. The number of fused-ring (bicyclic) bond motifs is 1. The first-order chi connectivity index (χ1) is 12.5. The van der Waals surface area contributed by atoms with E-state index in [9.17, 15) is 4.79 Å². The molecule has 2 aromatic carbocycles. The molecule has 4 rings (SSSR count). The summed E-state index contributed by atoms with van der Waals surface area (Å²) in [7, 11) is 0. The van der Waals surface area contributed by atoms with Crippen molar-refractivity contribution in [2.24, 2.45) is 0 Å². The number of nitrogens with zero attached hydrogens (tertiary/aromatic N) is 2. The largest absolute Gasteiger partial charge is 0.399 e. The average Bonchev–Trinajstić information content (AvgIpc) is 2.64. The number of anilines is 1. The fourth-order valence-electron chi connectivity index (χ4n) is 3.26. The molecule has 0 aliphatic carbocycles. The molecule has 0 aliphatic heterocycles. The van der Waals surface area contributed by atoms with Crippen molar-refractivity contribution >= 4 is 16.6 Å². The predicted molar refractivity (Wildman–Crippen MR) is 107 cm³/mol. The van der Waals surface area contributed by atoms with Gasteiger partial charge in [0.1, 0.15) is 0 Å². The fourth-order valence-corrected chi connectivity index (χ4v) is 3.26. The second-order valence-electron chi connectivity index (χ2n) is 6.49. The van der Waals surface area contributed by atoms with Gasteiger partial charge in [0.2, 0.25) is 0 Å². The Morgan fingerprint density at radius 2 is 1.69 bits per heavy atom. The van der Waals surface area contributed by atoms with Gasteiger partial charge in [0.05, 0.1) is 5.52 Å². The van der Waals surface area contributed by atoms with Gasteiger partial charge >= 0.3 is 0 Å². The highest BCUT2D eigenvalue weighted by Crippen LogP contribution is 2.27. The Kier molecular flexibility index (Phi) is 3.81. The Labute approximate surface area is 151 Å². The molecule has 2 aromatic heterocycles. The molecule has 4 aromatic rings. The van der Waals surface area contributed by atoms with E-state index in [0.29, 0.717) is 11.3 Å². The SMILES string of the molecule is Cc1cc2c(cn1)cc(-c1cc(N)ccc1C)c(=O)n2-c1ccccc1. The molecule has 0 atom stereocenters. The number of hydrogen-bond acceptors (Lipinski definition) is 3. The summed E-state index contributed by atoms with van der Waals surface area (Å²) in [6.07, 6.45) is 1.81. The highest BCUT2D eigenvalue weighted by molar-refractivity contribution is 5.86. The van der Waals surface area contributed by atoms with E-state index >= 15 is 0 Å². The van der Waals surface area contributed by atoms with Crippen LogP contribution in [0, 0.1) is 13.8 Å². The molecule has 0 radical (unpaired) electrons. The Balaban J connectivity index is 2.14. The highest BCUT2D eigenvalue weighted by Gasteiger charge is 2.14. The van der Waals surface area contributed by atoms with Crippen molar-refractivity contribution in [3.05, 3.63) is 88.5 Å². The summed E-state index contributed by atoms with van der Waals surface area (Å²) >= 11 is 0. The van der Waals surface area contributed by atoms with Crippen molar-refractivity contribution in [3.8, 4) is 16.8 Å². The summed E-state index contributed by atoms with van der Waals surface area (Å²) in [5.41, 5.74) is 11.6. The molecule has 0 bridgehead atoms. The normalized spacial score (nSPS) is 11.0. The van der Waals surface area contributed by atoms with Gasteiger partial charge in [-0.2, -0.15) is 0 Å². The number of para-hydroxylation sites is 1. The van der Waals surface area contributed by atoms with Gasteiger partial charge < -0.3 is 5.73 Å². The Morgan fingerprint density at radius 1 is 0.923 bits per heavy atom. The van der Waals surface area contributed by atoms with Crippen molar-refractivity contribution in [1.82, 2.24) is 9.55 Å². The van der Waals surface area contributed by atoms with Crippen molar-refractivity contribution < 1.29 is 0 Å². The van der Waals surface area contributed by atoms with Crippen LogP contribution >= 0.6 is 0 Å². The standard InChI is InChI=1S/C22H19N3O/c1-14-8-9-17(23)12-19(14)20-11-16-13-24-15(2)10-21(16)25(22(20)26)18-6-4-3-5-7-18/h3-13H,23H2,1-2H3. The summed E-state index contributed by atoms with van der Waals surface area (Å²) in [6.45, 7) is 3.91. The fraction of sp³-hybridized carbons (Fsp3) is 0.0909. The van der Waals surface area contributed by atoms with E-state index < -0.39 is 0 Å². The summed E-state index contributed by atoms with van der Waals surface area (Å²) < 4.78 is 1.75. The lowest BCUT2D eigenvalue weighted by Gasteiger charge is -2.15. The smallest absolute Gasteiger partial charge is 0.263 e. The van der Waals surface area contributed by atoms with Crippen LogP contribution in [0.3, 0.4) is 0 Å². The molecule has 2 heterocycles. The number of benzene rings is 2. The van der Waals surface area contributed by atoms with Crippen LogP contribution in [-0.4, -0.2) is 9.55 Å². The minimum Gasteiger partial charge on any atom is -0.399 e. The molecule has 0 amide bonds. The van der Waals surface area contributed by atoms with E-state index in [1.165, 1.54) is 0 Å². The summed E-state index contributed by atoms with van der Waals surface area (Å²) in [5, 5.41) is 0.913. The number of aromatic nitrogens is 2. The lowest BCUT2D eigenvalue weighted by Crippen LogP contribution is -2.21. The lowest BCUT2D eigenvalue weighted by molar-refractivity contribution is 1.04. The summed E-state index contributed by atoms with van der Waals surface area (Å²) in [6, 6.07) is 19.2. The molecule has 4 heteroatoms. The number of hydrogen-bond donors (Lipinski definition) is 1. The molecule has 4 nitrogen and oxygen atoms in total. The topological polar surface area (TPSA) is 60.9 Å². The molecule has 0 spiro atoms. The van der Waals surface area contributed by atoms with Gasteiger partial charge in [0, 0.05) is 34.2 Å². The van der Waals surface area contributed by atoms with Crippen LogP contribution in [0.15, 0.2) is 71.7 Å². The van der Waals surface area contributed by atoms with E-state index in [1.807, 2.05) is 80.7 Å². The molecule has 0 saturated heterocycles. The third-order valence-corrected chi connectivity index (χ3v) is 4.59. The van der Waals surface area contributed by atoms with Crippen LogP contribution in [0.1, 0.15) is 11.3 Å². The molecule has 0 saturated carbocycles. The van der Waals surface area contributed by atoms with Crippen LogP contribution < -0.4 is 11.3 Å². The zero-order chi connectivity index (χ0) is 18.3. The maximum absolute atomic E-state index is 13.5. The van der Waals surface area contributed by atoms with Gasteiger partial charge in [-0.3, -0.25) is 14.3 Å². The maximum Gasteiger partial charge on any atom is 0.263 e. The first-order valence-electron chi connectivity index (χ1n) is 8.49. The first kappa shape index (κ1) is 16.1. The monoisotopic (exact) mass is 341 g/mol. The van der Waals surface area contributed by atoms with Crippen molar-refractivity contribution in [2.45, 2.75) is 13.8 Å². The van der Waals surface area contributed by atoms with Gasteiger partial charge in [-0.15, -0.1) is 0 Å². The van der Waals surface area contributed by atoms with E-state index in [2.05, 4.69) is 4.98 Å². The summed E-state index contributed by atoms with van der Waals surface area (Å²) in [5.74, 6) is 0. The second kappa shape index (κ2) is 6.15. The molecule has 2 N–H and O–H groups in total. The summed E-state index contributed by atoms with van der Waals surface area (Å²) in [4.78, 5) is 17.9. The van der Waals surface area contributed by atoms with Crippen LogP contribution in [0.25, 0.3) is 27.7 Å². The minimum absolute atomic E-state index is 0.0667. The van der Waals surface area contributed by atoms with Crippen molar-refractivity contribution in [2.75, 3.05) is 5.73 Å². The van der Waals surface area contributed by atoms with Crippen LogP contribution in [-0.2, 0) is 0 Å². The predicted octanol–water partition coefficient (Wildman–Crippen LogP) is 4.25.